The molecule has 0 spiro atoms. The monoisotopic (exact) mass is 304 g/mol. The molecule has 0 aromatic carbocycles. The van der Waals surface area contributed by atoms with Gasteiger partial charge in [-0.1, -0.05) is 19.8 Å². The molecule has 1 unspecified atom stereocenters. The Morgan fingerprint density at radius 3 is 2.67 bits per heavy atom. The number of aromatic nitrogens is 1. The first-order valence-corrected chi connectivity index (χ1v) is 9.84. The molecule has 3 heteroatoms. The van der Waals surface area contributed by atoms with Gasteiger partial charge >= 0.3 is 0 Å². The van der Waals surface area contributed by atoms with Crippen molar-refractivity contribution in [1.82, 2.24) is 10.3 Å². The van der Waals surface area contributed by atoms with Gasteiger partial charge in [0.25, 0.3) is 0 Å². The standard InChI is InChI=1S/C18H28N2S/c1-12-5-7-13(8-6-12)18-20-17-14(11-19-15-9-10-15)3-2-4-16(17)21-18/h12-15,19H,2-11H2,1H3. The molecular formula is C18H28N2S. The molecule has 0 saturated heterocycles. The minimum atomic E-state index is 0.696. The minimum absolute atomic E-state index is 0.696. The Bertz CT molecular complexity index is 483. The smallest absolute Gasteiger partial charge is 0.0962 e. The lowest BCUT2D eigenvalue weighted by Gasteiger charge is -2.24. The summed E-state index contributed by atoms with van der Waals surface area (Å²) >= 11 is 2.06. The van der Waals surface area contributed by atoms with E-state index in [1.165, 1.54) is 75.0 Å². The Balaban J connectivity index is 1.47. The van der Waals surface area contributed by atoms with Crippen molar-refractivity contribution >= 4 is 11.3 Å². The van der Waals surface area contributed by atoms with Crippen molar-refractivity contribution < 1.29 is 0 Å². The lowest BCUT2D eigenvalue weighted by Crippen LogP contribution is -2.26. The number of nitrogens with zero attached hydrogens (tertiary/aromatic N) is 1. The maximum absolute atomic E-state index is 5.16. The molecule has 1 aromatic heterocycles. The van der Waals surface area contributed by atoms with Gasteiger partial charge in [0.15, 0.2) is 0 Å². The molecule has 1 heterocycles. The van der Waals surface area contributed by atoms with E-state index in [0.29, 0.717) is 5.92 Å². The fraction of sp³-hybridized carbons (Fsp3) is 0.833. The first kappa shape index (κ1) is 14.2. The largest absolute Gasteiger partial charge is 0.313 e. The quantitative estimate of drug-likeness (QED) is 0.878. The Hall–Kier alpha value is -0.410. The van der Waals surface area contributed by atoms with E-state index >= 15 is 0 Å². The fourth-order valence-corrected chi connectivity index (χ4v) is 5.37. The highest BCUT2D eigenvalue weighted by molar-refractivity contribution is 7.11. The Kier molecular flexibility index (Phi) is 4.06. The Labute approximate surface area is 132 Å². The van der Waals surface area contributed by atoms with Gasteiger partial charge in [-0.25, -0.2) is 4.98 Å². The molecule has 3 aliphatic rings. The van der Waals surface area contributed by atoms with Gasteiger partial charge in [0.1, 0.15) is 0 Å². The van der Waals surface area contributed by atoms with E-state index in [1.807, 2.05) is 0 Å². The average Bonchev–Trinajstić information content (AvgIpc) is 3.22. The van der Waals surface area contributed by atoms with E-state index in [0.717, 1.165) is 17.9 Å². The summed E-state index contributed by atoms with van der Waals surface area (Å²) in [6.07, 6.45) is 12.3. The van der Waals surface area contributed by atoms with Crippen LogP contribution in [-0.2, 0) is 6.42 Å². The lowest BCUT2D eigenvalue weighted by atomic mass is 9.83. The van der Waals surface area contributed by atoms with Gasteiger partial charge in [-0.3, -0.25) is 0 Å². The van der Waals surface area contributed by atoms with Gasteiger partial charge in [-0.2, -0.15) is 0 Å². The summed E-state index contributed by atoms with van der Waals surface area (Å²) in [7, 11) is 0. The SMILES string of the molecule is CC1CCC(c2nc3c(s2)CCCC3CNC2CC2)CC1. The van der Waals surface area contributed by atoms with Gasteiger partial charge in [-0.05, 0) is 50.9 Å². The molecule has 116 valence electrons. The third-order valence-corrected chi connectivity index (χ3v) is 6.98. The zero-order chi connectivity index (χ0) is 14.2. The molecule has 0 amide bonds. The lowest BCUT2D eigenvalue weighted by molar-refractivity contribution is 0.347. The second-order valence-electron chi connectivity index (χ2n) is 7.59. The molecule has 1 atom stereocenters. The average molecular weight is 305 g/mol. The predicted molar refractivity (Wildman–Crippen MR) is 89.2 cm³/mol. The van der Waals surface area contributed by atoms with Gasteiger partial charge in [0, 0.05) is 29.3 Å². The zero-order valence-corrected chi connectivity index (χ0v) is 14.1. The molecule has 2 fully saturated rings. The first-order valence-electron chi connectivity index (χ1n) is 9.02. The van der Waals surface area contributed by atoms with Crippen molar-refractivity contribution in [3.05, 3.63) is 15.6 Å². The molecule has 1 N–H and O–H groups in total. The van der Waals surface area contributed by atoms with Crippen LogP contribution in [0.15, 0.2) is 0 Å². The highest BCUT2D eigenvalue weighted by Gasteiger charge is 2.30. The van der Waals surface area contributed by atoms with Crippen molar-refractivity contribution in [3.8, 4) is 0 Å². The highest BCUT2D eigenvalue weighted by Crippen LogP contribution is 2.42. The molecule has 2 saturated carbocycles. The van der Waals surface area contributed by atoms with Crippen molar-refractivity contribution in [3.63, 3.8) is 0 Å². The second-order valence-corrected chi connectivity index (χ2v) is 8.70. The van der Waals surface area contributed by atoms with Crippen LogP contribution >= 0.6 is 11.3 Å². The highest BCUT2D eigenvalue weighted by atomic mass is 32.1. The van der Waals surface area contributed by atoms with E-state index in [-0.39, 0.29) is 0 Å². The van der Waals surface area contributed by atoms with Crippen LogP contribution in [0.3, 0.4) is 0 Å². The van der Waals surface area contributed by atoms with Crippen molar-refractivity contribution in [2.75, 3.05) is 6.54 Å². The Morgan fingerprint density at radius 2 is 1.90 bits per heavy atom. The number of aryl methyl sites for hydroxylation is 1. The van der Waals surface area contributed by atoms with E-state index in [4.69, 9.17) is 4.98 Å². The van der Waals surface area contributed by atoms with Crippen molar-refractivity contribution in [1.29, 1.82) is 0 Å². The first-order chi connectivity index (χ1) is 10.3. The van der Waals surface area contributed by atoms with E-state index in [1.54, 1.807) is 4.88 Å². The van der Waals surface area contributed by atoms with Gasteiger partial charge < -0.3 is 5.32 Å². The second kappa shape index (κ2) is 6.00. The van der Waals surface area contributed by atoms with E-state index in [9.17, 15) is 0 Å². The van der Waals surface area contributed by atoms with Crippen LogP contribution in [0.4, 0.5) is 0 Å². The third kappa shape index (κ3) is 3.19. The Morgan fingerprint density at radius 1 is 1.10 bits per heavy atom. The van der Waals surface area contributed by atoms with Crippen LogP contribution in [0.2, 0.25) is 0 Å². The zero-order valence-electron chi connectivity index (χ0n) is 13.2. The summed E-state index contributed by atoms with van der Waals surface area (Å²) in [4.78, 5) is 6.78. The predicted octanol–water partition coefficient (Wildman–Crippen LogP) is 4.61. The third-order valence-electron chi connectivity index (χ3n) is 5.68. The van der Waals surface area contributed by atoms with Crippen molar-refractivity contribution in [2.45, 2.75) is 82.6 Å². The van der Waals surface area contributed by atoms with Gasteiger partial charge in [0.2, 0.25) is 0 Å². The number of fused-ring (bicyclic) bond motifs is 1. The van der Waals surface area contributed by atoms with Crippen LogP contribution in [0.1, 0.15) is 85.7 Å². The molecular weight excluding hydrogens is 276 g/mol. The number of rotatable bonds is 4. The van der Waals surface area contributed by atoms with Crippen LogP contribution in [0.25, 0.3) is 0 Å². The van der Waals surface area contributed by atoms with Gasteiger partial charge in [0.05, 0.1) is 10.7 Å². The molecule has 0 bridgehead atoms. The minimum Gasteiger partial charge on any atom is -0.313 e. The number of thiazole rings is 1. The van der Waals surface area contributed by atoms with E-state index < -0.39 is 0 Å². The molecule has 21 heavy (non-hydrogen) atoms. The topological polar surface area (TPSA) is 24.9 Å². The maximum Gasteiger partial charge on any atom is 0.0962 e. The molecule has 0 aliphatic heterocycles. The van der Waals surface area contributed by atoms with Gasteiger partial charge in [-0.15, -0.1) is 11.3 Å². The number of hydrogen-bond donors (Lipinski definition) is 1. The molecule has 2 nitrogen and oxygen atoms in total. The summed E-state index contributed by atoms with van der Waals surface area (Å²) in [5.41, 5.74) is 1.48. The summed E-state index contributed by atoms with van der Waals surface area (Å²) in [6.45, 7) is 3.57. The summed E-state index contributed by atoms with van der Waals surface area (Å²) < 4.78 is 0. The number of nitrogens with one attached hydrogen (secondary N) is 1. The van der Waals surface area contributed by atoms with Crippen molar-refractivity contribution in [2.24, 2.45) is 5.92 Å². The molecule has 1 aromatic rings. The molecule has 0 radical (unpaired) electrons. The van der Waals surface area contributed by atoms with Crippen LogP contribution in [0, 0.1) is 5.92 Å². The normalized spacial score (nSPS) is 32.9. The van der Waals surface area contributed by atoms with Crippen LogP contribution in [0.5, 0.6) is 0 Å². The van der Waals surface area contributed by atoms with E-state index in [2.05, 4.69) is 23.6 Å². The molecule has 3 aliphatic carbocycles. The van der Waals surface area contributed by atoms with Crippen LogP contribution < -0.4 is 5.32 Å². The fourth-order valence-electron chi connectivity index (χ4n) is 4.00. The summed E-state index contributed by atoms with van der Waals surface area (Å²) in [5.74, 6) is 2.40. The maximum atomic E-state index is 5.16. The summed E-state index contributed by atoms with van der Waals surface area (Å²) in [5, 5.41) is 5.20. The number of hydrogen-bond acceptors (Lipinski definition) is 3. The van der Waals surface area contributed by atoms with Crippen LogP contribution in [-0.4, -0.2) is 17.6 Å². The summed E-state index contributed by atoms with van der Waals surface area (Å²) in [6, 6.07) is 0.827. The molecule has 4 rings (SSSR count).